The number of nitrogens with zero attached hydrogens (tertiary/aromatic N) is 2. The standard InChI is InChI=1S/C25H38FN3O4/c1-25(2,3)33-24(31)28-14-9-19(10-15-28)18-29-13-5-4-11-27-12-6-16-32-22-8-7-20(26)17-21(22)23(29)30/h7-8,17,19,27H,4-6,9-16,18H2,1-3H3. The third kappa shape index (κ3) is 7.88. The molecule has 0 spiro atoms. The number of likely N-dealkylation sites (tertiary alicyclic amines) is 1. The minimum absolute atomic E-state index is 0.189. The number of amides is 2. The molecule has 3 rings (SSSR count). The summed E-state index contributed by atoms with van der Waals surface area (Å²) in [6, 6.07) is 4.17. The zero-order valence-corrected chi connectivity index (χ0v) is 20.2. The molecule has 2 heterocycles. The maximum Gasteiger partial charge on any atom is 0.410 e. The van der Waals surface area contributed by atoms with Crippen LogP contribution in [0.4, 0.5) is 9.18 Å². The Morgan fingerprint density at radius 2 is 1.88 bits per heavy atom. The summed E-state index contributed by atoms with van der Waals surface area (Å²) in [5.41, 5.74) is -0.230. The number of halogens is 1. The van der Waals surface area contributed by atoms with Gasteiger partial charge >= 0.3 is 6.09 Å². The molecule has 1 aromatic rings. The van der Waals surface area contributed by atoms with Crippen LogP contribution in [0.1, 0.15) is 63.2 Å². The number of fused-ring (bicyclic) bond motifs is 1. The van der Waals surface area contributed by atoms with Gasteiger partial charge < -0.3 is 24.6 Å². The first-order valence-electron chi connectivity index (χ1n) is 12.1. The lowest BCUT2D eigenvalue weighted by Crippen LogP contribution is -2.44. The van der Waals surface area contributed by atoms with E-state index in [-0.39, 0.29) is 23.5 Å². The molecule has 33 heavy (non-hydrogen) atoms. The second kappa shape index (κ2) is 11.7. The van der Waals surface area contributed by atoms with Crippen molar-refractivity contribution >= 4 is 12.0 Å². The molecule has 0 atom stereocenters. The van der Waals surface area contributed by atoms with Gasteiger partial charge in [-0.25, -0.2) is 9.18 Å². The number of ether oxygens (including phenoxy) is 2. The Morgan fingerprint density at radius 1 is 1.15 bits per heavy atom. The molecule has 1 aromatic carbocycles. The van der Waals surface area contributed by atoms with Crippen LogP contribution in [-0.2, 0) is 4.74 Å². The summed E-state index contributed by atoms with van der Waals surface area (Å²) in [4.78, 5) is 29.4. The zero-order valence-electron chi connectivity index (χ0n) is 20.2. The van der Waals surface area contributed by atoms with Crippen LogP contribution in [0.15, 0.2) is 18.2 Å². The molecule has 2 aliphatic heterocycles. The molecular formula is C25H38FN3O4. The van der Waals surface area contributed by atoms with Crippen molar-refractivity contribution in [3.05, 3.63) is 29.6 Å². The first-order valence-corrected chi connectivity index (χ1v) is 12.1. The number of carbonyl (C=O) groups is 2. The fourth-order valence-electron chi connectivity index (χ4n) is 4.23. The SMILES string of the molecule is CC(C)(C)OC(=O)N1CCC(CN2CCCCNCCCOc3ccc(F)cc3C2=O)CC1. The van der Waals surface area contributed by atoms with E-state index in [1.807, 2.05) is 25.7 Å². The van der Waals surface area contributed by atoms with Gasteiger partial charge in [0, 0.05) is 26.2 Å². The van der Waals surface area contributed by atoms with Crippen LogP contribution in [0.3, 0.4) is 0 Å². The van der Waals surface area contributed by atoms with Gasteiger partial charge in [-0.2, -0.15) is 0 Å². The summed E-state index contributed by atoms with van der Waals surface area (Å²) in [6.45, 7) is 10.2. The van der Waals surface area contributed by atoms with Gasteiger partial charge in [0.15, 0.2) is 0 Å². The number of piperidine rings is 1. The maximum absolute atomic E-state index is 14.0. The Morgan fingerprint density at radius 3 is 2.61 bits per heavy atom. The summed E-state index contributed by atoms with van der Waals surface area (Å²) in [5.74, 6) is 0.0818. The molecule has 2 amide bonds. The molecule has 184 valence electrons. The number of benzene rings is 1. The van der Waals surface area contributed by atoms with Crippen LogP contribution in [-0.4, -0.2) is 73.3 Å². The molecule has 0 saturated carbocycles. The van der Waals surface area contributed by atoms with Crippen molar-refractivity contribution in [2.75, 3.05) is 45.9 Å². The maximum atomic E-state index is 14.0. The smallest absolute Gasteiger partial charge is 0.410 e. The topological polar surface area (TPSA) is 71.1 Å². The molecule has 1 N–H and O–H groups in total. The molecule has 7 nitrogen and oxygen atoms in total. The Kier molecular flexibility index (Phi) is 8.95. The summed E-state index contributed by atoms with van der Waals surface area (Å²) in [7, 11) is 0. The molecule has 0 radical (unpaired) electrons. The summed E-state index contributed by atoms with van der Waals surface area (Å²) >= 11 is 0. The predicted molar refractivity (Wildman–Crippen MR) is 125 cm³/mol. The first-order chi connectivity index (χ1) is 15.7. The largest absolute Gasteiger partial charge is 0.493 e. The van der Waals surface area contributed by atoms with Crippen LogP contribution < -0.4 is 10.1 Å². The van der Waals surface area contributed by atoms with Gasteiger partial charge in [0.05, 0.1) is 12.2 Å². The molecule has 0 bridgehead atoms. The second-order valence-corrected chi connectivity index (χ2v) is 9.96. The van der Waals surface area contributed by atoms with Crippen LogP contribution in [0.2, 0.25) is 0 Å². The van der Waals surface area contributed by atoms with Crippen molar-refractivity contribution in [2.24, 2.45) is 5.92 Å². The molecule has 2 aliphatic rings. The Hall–Kier alpha value is -2.35. The highest BCUT2D eigenvalue weighted by Gasteiger charge is 2.29. The van der Waals surface area contributed by atoms with E-state index in [0.29, 0.717) is 38.5 Å². The van der Waals surface area contributed by atoms with Crippen LogP contribution in [0.5, 0.6) is 5.75 Å². The van der Waals surface area contributed by atoms with E-state index in [9.17, 15) is 14.0 Å². The molecule has 1 fully saturated rings. The van der Waals surface area contributed by atoms with Crippen molar-refractivity contribution in [1.82, 2.24) is 15.1 Å². The van der Waals surface area contributed by atoms with E-state index in [1.54, 1.807) is 11.0 Å². The number of rotatable bonds is 2. The third-order valence-corrected chi connectivity index (χ3v) is 5.99. The normalized spacial score (nSPS) is 19.6. The van der Waals surface area contributed by atoms with Gasteiger partial charge in [-0.3, -0.25) is 4.79 Å². The quantitative estimate of drug-likeness (QED) is 0.716. The van der Waals surface area contributed by atoms with Gasteiger partial charge in [-0.05, 0) is 90.1 Å². The molecule has 0 aromatic heterocycles. The highest BCUT2D eigenvalue weighted by molar-refractivity contribution is 5.97. The molecule has 1 saturated heterocycles. The molecule has 8 heteroatoms. The monoisotopic (exact) mass is 463 g/mol. The molecule has 0 aliphatic carbocycles. The lowest BCUT2D eigenvalue weighted by molar-refractivity contribution is 0.0166. The van der Waals surface area contributed by atoms with E-state index in [1.165, 1.54) is 12.1 Å². The van der Waals surface area contributed by atoms with Crippen molar-refractivity contribution in [2.45, 2.75) is 58.5 Å². The lowest BCUT2D eigenvalue weighted by atomic mass is 9.96. The Labute approximate surface area is 196 Å². The minimum Gasteiger partial charge on any atom is -0.493 e. The van der Waals surface area contributed by atoms with Crippen LogP contribution >= 0.6 is 0 Å². The van der Waals surface area contributed by atoms with Crippen LogP contribution in [0.25, 0.3) is 0 Å². The summed E-state index contributed by atoms with van der Waals surface area (Å²) in [6.07, 6.45) is 3.99. The van der Waals surface area contributed by atoms with E-state index >= 15 is 0 Å². The lowest BCUT2D eigenvalue weighted by Gasteiger charge is -2.35. The highest BCUT2D eigenvalue weighted by atomic mass is 19.1. The number of carbonyl (C=O) groups excluding carboxylic acids is 2. The average Bonchev–Trinajstić information content (AvgIpc) is 2.77. The fourth-order valence-corrected chi connectivity index (χ4v) is 4.23. The number of hydrogen-bond donors (Lipinski definition) is 1. The second-order valence-electron chi connectivity index (χ2n) is 9.96. The van der Waals surface area contributed by atoms with Crippen molar-refractivity contribution in [1.29, 1.82) is 0 Å². The van der Waals surface area contributed by atoms with Crippen LogP contribution in [0, 0.1) is 11.7 Å². The van der Waals surface area contributed by atoms with Crippen molar-refractivity contribution < 1.29 is 23.5 Å². The highest BCUT2D eigenvalue weighted by Crippen LogP contribution is 2.25. The van der Waals surface area contributed by atoms with E-state index < -0.39 is 11.4 Å². The molecular weight excluding hydrogens is 425 g/mol. The van der Waals surface area contributed by atoms with E-state index in [0.717, 1.165) is 45.2 Å². The summed E-state index contributed by atoms with van der Waals surface area (Å²) < 4.78 is 25.3. The summed E-state index contributed by atoms with van der Waals surface area (Å²) in [5, 5.41) is 3.40. The van der Waals surface area contributed by atoms with Gasteiger partial charge in [0.1, 0.15) is 17.2 Å². The number of hydrogen-bond acceptors (Lipinski definition) is 5. The Balaban J connectivity index is 1.67. The van der Waals surface area contributed by atoms with E-state index in [2.05, 4.69) is 5.32 Å². The van der Waals surface area contributed by atoms with Gasteiger partial charge in [0.25, 0.3) is 5.91 Å². The average molecular weight is 464 g/mol. The minimum atomic E-state index is -0.516. The Bertz CT molecular complexity index is 803. The van der Waals surface area contributed by atoms with Crippen molar-refractivity contribution in [3.8, 4) is 5.75 Å². The zero-order chi connectivity index (χ0) is 23.8. The fraction of sp³-hybridized carbons (Fsp3) is 0.680. The first kappa shape index (κ1) is 25.3. The third-order valence-electron chi connectivity index (χ3n) is 5.99. The van der Waals surface area contributed by atoms with Crippen molar-refractivity contribution in [3.63, 3.8) is 0 Å². The van der Waals surface area contributed by atoms with Gasteiger partial charge in [-0.15, -0.1) is 0 Å². The van der Waals surface area contributed by atoms with E-state index in [4.69, 9.17) is 9.47 Å². The molecule has 0 unspecified atom stereocenters. The van der Waals surface area contributed by atoms with Gasteiger partial charge in [0.2, 0.25) is 0 Å². The predicted octanol–water partition coefficient (Wildman–Crippen LogP) is 4.07. The number of nitrogens with one attached hydrogen (secondary N) is 1. The van der Waals surface area contributed by atoms with Gasteiger partial charge in [-0.1, -0.05) is 0 Å².